The second-order valence-corrected chi connectivity index (χ2v) is 7.54. The van der Waals surface area contributed by atoms with Crippen molar-refractivity contribution in [3.05, 3.63) is 35.9 Å². The first kappa shape index (κ1) is 20.4. The third-order valence-electron chi connectivity index (χ3n) is 4.94. The van der Waals surface area contributed by atoms with Crippen molar-refractivity contribution in [2.45, 2.75) is 71.1 Å². The van der Waals surface area contributed by atoms with E-state index in [2.05, 4.69) is 12.1 Å². The largest absolute Gasteiger partial charge is 0.458 e. The number of nitrogens with two attached hydrogens (primary N) is 1. The number of esters is 2. The SMILES string of the molecule is CC(C)C(=O)O[C@@H]1[C@@H](Cc2ccccc2)CCCC[C@H](N)C(=O)O[C@H]1C. The Morgan fingerprint density at radius 2 is 1.88 bits per heavy atom. The maximum atomic E-state index is 12.3. The van der Waals surface area contributed by atoms with Crippen LogP contribution < -0.4 is 5.73 Å². The van der Waals surface area contributed by atoms with Crippen LogP contribution in [0.1, 0.15) is 52.0 Å². The van der Waals surface area contributed by atoms with E-state index in [0.717, 1.165) is 25.7 Å². The van der Waals surface area contributed by atoms with Crippen LogP contribution in [0.25, 0.3) is 0 Å². The molecule has 0 aliphatic carbocycles. The van der Waals surface area contributed by atoms with Crippen LogP contribution in [0.2, 0.25) is 0 Å². The number of cyclic esters (lactones) is 1. The highest BCUT2D eigenvalue weighted by Crippen LogP contribution is 2.27. The summed E-state index contributed by atoms with van der Waals surface area (Å²) in [6.07, 6.45) is 3.12. The zero-order valence-electron chi connectivity index (χ0n) is 16.0. The Kier molecular flexibility index (Phi) is 7.64. The first-order valence-corrected chi connectivity index (χ1v) is 9.59. The lowest BCUT2D eigenvalue weighted by Crippen LogP contribution is -2.44. The minimum Gasteiger partial charge on any atom is -0.458 e. The molecule has 0 amide bonds. The van der Waals surface area contributed by atoms with Gasteiger partial charge in [0.05, 0.1) is 5.92 Å². The van der Waals surface area contributed by atoms with E-state index in [1.165, 1.54) is 5.56 Å². The maximum absolute atomic E-state index is 12.3. The summed E-state index contributed by atoms with van der Waals surface area (Å²) in [6, 6.07) is 9.54. The van der Waals surface area contributed by atoms with Gasteiger partial charge in [0.1, 0.15) is 18.2 Å². The van der Waals surface area contributed by atoms with Crippen LogP contribution in [0, 0.1) is 11.8 Å². The van der Waals surface area contributed by atoms with E-state index in [1.54, 1.807) is 20.8 Å². The molecular formula is C21H31NO4. The fourth-order valence-electron chi connectivity index (χ4n) is 3.37. The van der Waals surface area contributed by atoms with Crippen LogP contribution in [0.15, 0.2) is 30.3 Å². The number of hydrogen-bond donors (Lipinski definition) is 1. The Labute approximate surface area is 156 Å². The number of carbonyl (C=O) groups excluding carboxylic acids is 2. The van der Waals surface area contributed by atoms with Gasteiger partial charge in [-0.05, 0) is 31.7 Å². The molecule has 2 rings (SSSR count). The van der Waals surface area contributed by atoms with Crippen molar-refractivity contribution in [2.75, 3.05) is 0 Å². The van der Waals surface area contributed by atoms with Crippen LogP contribution in [-0.4, -0.2) is 30.2 Å². The monoisotopic (exact) mass is 361 g/mol. The highest BCUT2D eigenvalue weighted by atomic mass is 16.6. The van der Waals surface area contributed by atoms with Crippen LogP contribution in [0.5, 0.6) is 0 Å². The van der Waals surface area contributed by atoms with Crippen LogP contribution in [-0.2, 0) is 25.5 Å². The topological polar surface area (TPSA) is 78.6 Å². The molecule has 144 valence electrons. The number of carbonyl (C=O) groups is 2. The van der Waals surface area contributed by atoms with Crippen molar-refractivity contribution in [3.63, 3.8) is 0 Å². The number of ether oxygens (including phenoxy) is 2. The second-order valence-electron chi connectivity index (χ2n) is 7.54. The van der Waals surface area contributed by atoms with Crippen LogP contribution in [0.4, 0.5) is 0 Å². The Morgan fingerprint density at radius 1 is 1.23 bits per heavy atom. The number of benzene rings is 1. The summed E-state index contributed by atoms with van der Waals surface area (Å²) in [5.74, 6) is -0.814. The van der Waals surface area contributed by atoms with E-state index in [1.807, 2.05) is 18.2 Å². The van der Waals surface area contributed by atoms with Gasteiger partial charge in [0.2, 0.25) is 0 Å². The van der Waals surface area contributed by atoms with Gasteiger partial charge in [-0.25, -0.2) is 0 Å². The molecule has 0 aromatic heterocycles. The Bertz CT molecular complexity index is 587. The molecule has 1 aromatic carbocycles. The molecule has 5 heteroatoms. The molecule has 0 radical (unpaired) electrons. The molecule has 4 atom stereocenters. The predicted molar refractivity (Wildman–Crippen MR) is 100 cm³/mol. The van der Waals surface area contributed by atoms with Gasteiger partial charge in [0.15, 0.2) is 0 Å². The molecule has 2 N–H and O–H groups in total. The van der Waals surface area contributed by atoms with Crippen LogP contribution in [0.3, 0.4) is 0 Å². The van der Waals surface area contributed by atoms with Crippen molar-refractivity contribution >= 4 is 11.9 Å². The molecule has 1 aliphatic heterocycles. The smallest absolute Gasteiger partial charge is 0.323 e. The minimum atomic E-state index is -0.607. The van der Waals surface area contributed by atoms with Crippen molar-refractivity contribution in [1.29, 1.82) is 0 Å². The second kappa shape index (κ2) is 9.72. The lowest BCUT2D eigenvalue weighted by Gasteiger charge is -2.33. The van der Waals surface area contributed by atoms with Crippen LogP contribution >= 0.6 is 0 Å². The van der Waals surface area contributed by atoms with Crippen molar-refractivity contribution in [1.82, 2.24) is 0 Å². The molecule has 0 unspecified atom stereocenters. The van der Waals surface area contributed by atoms with E-state index in [9.17, 15) is 9.59 Å². The van der Waals surface area contributed by atoms with Gasteiger partial charge >= 0.3 is 11.9 Å². The molecular weight excluding hydrogens is 330 g/mol. The molecule has 1 aromatic rings. The van der Waals surface area contributed by atoms with Gasteiger partial charge < -0.3 is 15.2 Å². The normalized spacial score (nSPS) is 27.7. The minimum absolute atomic E-state index is 0.0947. The standard InChI is InChI=1S/C21H31NO4/c1-14(2)20(23)26-19-15(3)25-21(24)18(22)12-8-7-11-17(19)13-16-9-5-4-6-10-16/h4-6,9-10,14-15,17-19H,7-8,11-13,22H2,1-3H3/t15-,17+,18-,19-/m0/s1. The molecule has 1 aliphatic rings. The van der Waals surface area contributed by atoms with Crippen molar-refractivity contribution in [3.8, 4) is 0 Å². The van der Waals surface area contributed by atoms with Gasteiger partial charge in [0.25, 0.3) is 0 Å². The molecule has 0 saturated carbocycles. The highest BCUT2D eigenvalue weighted by molar-refractivity contribution is 5.75. The highest BCUT2D eigenvalue weighted by Gasteiger charge is 2.35. The molecule has 0 spiro atoms. The fraction of sp³-hybridized carbons (Fsp3) is 0.619. The lowest BCUT2D eigenvalue weighted by molar-refractivity contribution is -0.175. The van der Waals surface area contributed by atoms with E-state index >= 15 is 0 Å². The van der Waals surface area contributed by atoms with Gasteiger partial charge in [-0.3, -0.25) is 9.59 Å². The fourth-order valence-corrected chi connectivity index (χ4v) is 3.37. The van der Waals surface area contributed by atoms with E-state index in [-0.39, 0.29) is 17.8 Å². The summed E-state index contributed by atoms with van der Waals surface area (Å²) in [5, 5.41) is 0. The average Bonchev–Trinajstić information content (AvgIpc) is 2.61. The van der Waals surface area contributed by atoms with Gasteiger partial charge in [-0.1, -0.05) is 57.0 Å². The molecule has 1 heterocycles. The zero-order valence-corrected chi connectivity index (χ0v) is 16.0. The number of hydrogen-bond acceptors (Lipinski definition) is 5. The Hall–Kier alpha value is -1.88. The van der Waals surface area contributed by atoms with Gasteiger partial charge in [-0.15, -0.1) is 0 Å². The Balaban J connectivity index is 2.24. The summed E-state index contributed by atoms with van der Waals surface area (Å²) in [4.78, 5) is 24.4. The summed E-state index contributed by atoms with van der Waals surface area (Å²) in [5.41, 5.74) is 7.09. The quantitative estimate of drug-likeness (QED) is 0.833. The van der Waals surface area contributed by atoms with E-state index in [0.29, 0.717) is 6.42 Å². The lowest BCUT2D eigenvalue weighted by atomic mass is 9.86. The summed E-state index contributed by atoms with van der Waals surface area (Å²) >= 11 is 0. The van der Waals surface area contributed by atoms with Gasteiger partial charge in [-0.2, -0.15) is 0 Å². The third kappa shape index (κ3) is 5.84. The van der Waals surface area contributed by atoms with E-state index < -0.39 is 24.2 Å². The molecule has 5 nitrogen and oxygen atoms in total. The predicted octanol–water partition coefficient (Wildman–Crippen LogP) is 3.25. The molecule has 1 fully saturated rings. The first-order chi connectivity index (χ1) is 12.4. The Morgan fingerprint density at radius 3 is 2.54 bits per heavy atom. The summed E-state index contributed by atoms with van der Waals surface area (Å²) in [7, 11) is 0. The number of rotatable bonds is 4. The summed E-state index contributed by atoms with van der Waals surface area (Å²) < 4.78 is 11.4. The molecule has 26 heavy (non-hydrogen) atoms. The van der Waals surface area contributed by atoms with Crippen molar-refractivity contribution in [2.24, 2.45) is 17.6 Å². The van der Waals surface area contributed by atoms with E-state index in [4.69, 9.17) is 15.2 Å². The molecule has 1 saturated heterocycles. The third-order valence-corrected chi connectivity index (χ3v) is 4.94. The summed E-state index contributed by atoms with van der Waals surface area (Å²) in [6.45, 7) is 5.41. The first-order valence-electron chi connectivity index (χ1n) is 9.59. The maximum Gasteiger partial charge on any atom is 0.323 e. The van der Waals surface area contributed by atoms with Gasteiger partial charge in [0, 0.05) is 5.92 Å². The van der Waals surface area contributed by atoms with Crippen molar-refractivity contribution < 1.29 is 19.1 Å². The molecule has 0 bridgehead atoms. The zero-order chi connectivity index (χ0) is 19.1. The average molecular weight is 361 g/mol.